The van der Waals surface area contributed by atoms with Crippen LogP contribution in [0, 0.1) is 0 Å². The number of unbranched alkanes of at least 4 members (excludes halogenated alkanes) is 1. The molecule has 0 N–H and O–H groups in total. The summed E-state index contributed by atoms with van der Waals surface area (Å²) >= 11 is 0. The molecule has 1 rings (SSSR count). The van der Waals surface area contributed by atoms with E-state index < -0.39 is 8.53 Å². The molecule has 1 aliphatic rings. The highest BCUT2D eigenvalue weighted by atomic mass is 31.2. The van der Waals surface area contributed by atoms with Crippen molar-refractivity contribution >= 4 is 8.53 Å². The Hall–Kier alpha value is 0.310. The summed E-state index contributed by atoms with van der Waals surface area (Å²) in [5, 5.41) is 0. The highest BCUT2D eigenvalue weighted by Gasteiger charge is 2.25. The Bertz CT molecular complexity index is 113. The Labute approximate surface area is 69.6 Å². The van der Waals surface area contributed by atoms with E-state index in [0.717, 1.165) is 19.7 Å². The average molecular weight is 177 g/mol. The molecule has 3 nitrogen and oxygen atoms in total. The quantitative estimate of drug-likeness (QED) is 0.613. The fraction of sp³-hybridized carbons (Fsp3) is 1.00. The van der Waals surface area contributed by atoms with Crippen molar-refractivity contribution in [3.63, 3.8) is 0 Å². The summed E-state index contributed by atoms with van der Waals surface area (Å²) in [6.45, 7) is 5.20. The van der Waals surface area contributed by atoms with E-state index in [-0.39, 0.29) is 0 Å². The molecule has 0 bridgehead atoms. The standard InChI is InChI=1S/C7H16NO2P/c1-3-4-5-8-6-7-10-11(8)9-2/h3-7H2,1-2H3. The summed E-state index contributed by atoms with van der Waals surface area (Å²) in [6, 6.07) is 0. The van der Waals surface area contributed by atoms with Crippen molar-refractivity contribution in [3.8, 4) is 0 Å². The van der Waals surface area contributed by atoms with Crippen LogP contribution < -0.4 is 0 Å². The van der Waals surface area contributed by atoms with E-state index in [1.54, 1.807) is 7.11 Å². The third-order valence-corrected chi connectivity index (χ3v) is 3.29. The lowest BCUT2D eigenvalue weighted by Gasteiger charge is -2.18. The summed E-state index contributed by atoms with van der Waals surface area (Å²) in [7, 11) is 1.03. The predicted molar refractivity (Wildman–Crippen MR) is 46.4 cm³/mol. The Kier molecular flexibility index (Phi) is 4.31. The van der Waals surface area contributed by atoms with E-state index in [0.29, 0.717) is 0 Å². The minimum Gasteiger partial charge on any atom is -0.325 e. The number of hydrogen-bond acceptors (Lipinski definition) is 3. The van der Waals surface area contributed by atoms with Gasteiger partial charge in [0.2, 0.25) is 0 Å². The van der Waals surface area contributed by atoms with Crippen molar-refractivity contribution in [2.75, 3.05) is 26.8 Å². The van der Waals surface area contributed by atoms with Crippen LogP contribution in [0.1, 0.15) is 19.8 Å². The van der Waals surface area contributed by atoms with Gasteiger partial charge in [-0.05, 0) is 6.42 Å². The van der Waals surface area contributed by atoms with Gasteiger partial charge in [0, 0.05) is 20.2 Å². The van der Waals surface area contributed by atoms with Gasteiger partial charge in [-0.1, -0.05) is 13.3 Å². The molecule has 1 fully saturated rings. The second kappa shape index (κ2) is 5.04. The van der Waals surface area contributed by atoms with Gasteiger partial charge in [-0.15, -0.1) is 0 Å². The van der Waals surface area contributed by atoms with Crippen LogP contribution in [0.5, 0.6) is 0 Å². The van der Waals surface area contributed by atoms with Crippen LogP contribution in [-0.2, 0) is 9.05 Å². The molecular weight excluding hydrogens is 161 g/mol. The first kappa shape index (κ1) is 9.40. The van der Waals surface area contributed by atoms with Gasteiger partial charge in [-0.25, -0.2) is 4.67 Å². The summed E-state index contributed by atoms with van der Waals surface area (Å²) in [6.07, 6.45) is 2.48. The molecule has 4 heteroatoms. The van der Waals surface area contributed by atoms with Gasteiger partial charge in [-0.3, -0.25) is 0 Å². The molecule has 1 unspecified atom stereocenters. The third kappa shape index (κ3) is 2.68. The van der Waals surface area contributed by atoms with Gasteiger partial charge in [0.1, 0.15) is 0 Å². The smallest absolute Gasteiger partial charge is 0.258 e. The second-order valence-electron chi connectivity index (χ2n) is 2.56. The molecule has 1 atom stereocenters. The molecular formula is C7H16NO2P. The molecule has 0 aromatic carbocycles. The Morgan fingerprint density at radius 1 is 1.64 bits per heavy atom. The van der Waals surface area contributed by atoms with E-state index in [1.807, 2.05) is 0 Å². The highest BCUT2D eigenvalue weighted by Crippen LogP contribution is 2.45. The van der Waals surface area contributed by atoms with Gasteiger partial charge >= 0.3 is 0 Å². The van der Waals surface area contributed by atoms with E-state index in [1.165, 1.54) is 12.8 Å². The molecule has 0 spiro atoms. The van der Waals surface area contributed by atoms with E-state index >= 15 is 0 Å². The van der Waals surface area contributed by atoms with Crippen molar-refractivity contribution in [1.82, 2.24) is 4.67 Å². The van der Waals surface area contributed by atoms with Crippen molar-refractivity contribution in [3.05, 3.63) is 0 Å². The van der Waals surface area contributed by atoms with Crippen molar-refractivity contribution in [2.45, 2.75) is 19.8 Å². The zero-order valence-electron chi connectivity index (χ0n) is 7.25. The summed E-state index contributed by atoms with van der Waals surface area (Å²) in [5.74, 6) is 0. The molecule has 66 valence electrons. The van der Waals surface area contributed by atoms with Gasteiger partial charge in [0.25, 0.3) is 8.53 Å². The molecule has 0 radical (unpaired) electrons. The summed E-state index contributed by atoms with van der Waals surface area (Å²) in [5.41, 5.74) is 0. The monoisotopic (exact) mass is 177 g/mol. The maximum absolute atomic E-state index is 5.38. The number of nitrogens with zero attached hydrogens (tertiary/aromatic N) is 1. The van der Waals surface area contributed by atoms with E-state index in [2.05, 4.69) is 11.6 Å². The minimum absolute atomic E-state index is 0.685. The zero-order chi connectivity index (χ0) is 8.10. The van der Waals surface area contributed by atoms with Gasteiger partial charge in [-0.2, -0.15) is 0 Å². The first-order valence-corrected chi connectivity index (χ1v) is 5.23. The first-order chi connectivity index (χ1) is 5.38. The SMILES string of the molecule is CCCCN1CCOP1OC. The molecule has 1 heterocycles. The molecule has 0 aliphatic carbocycles. The lowest BCUT2D eigenvalue weighted by molar-refractivity contribution is 0.316. The maximum atomic E-state index is 5.38. The minimum atomic E-state index is -0.685. The number of hydrogen-bond donors (Lipinski definition) is 0. The first-order valence-electron chi connectivity index (χ1n) is 4.10. The molecule has 11 heavy (non-hydrogen) atoms. The van der Waals surface area contributed by atoms with Crippen LogP contribution >= 0.6 is 8.53 Å². The normalized spacial score (nSPS) is 26.2. The number of rotatable bonds is 4. The van der Waals surface area contributed by atoms with Crippen LogP contribution in [0.4, 0.5) is 0 Å². The largest absolute Gasteiger partial charge is 0.325 e. The summed E-state index contributed by atoms with van der Waals surface area (Å²) in [4.78, 5) is 0. The van der Waals surface area contributed by atoms with Crippen molar-refractivity contribution < 1.29 is 9.05 Å². The molecule has 1 aliphatic heterocycles. The van der Waals surface area contributed by atoms with Gasteiger partial charge in [0.15, 0.2) is 0 Å². The molecule has 1 saturated heterocycles. The Balaban J connectivity index is 2.20. The second-order valence-corrected chi connectivity index (χ2v) is 4.23. The Morgan fingerprint density at radius 3 is 3.09 bits per heavy atom. The maximum Gasteiger partial charge on any atom is 0.258 e. The fourth-order valence-corrected chi connectivity index (χ4v) is 2.38. The van der Waals surface area contributed by atoms with Gasteiger partial charge in [0.05, 0.1) is 6.61 Å². The van der Waals surface area contributed by atoms with Crippen molar-refractivity contribution in [2.24, 2.45) is 0 Å². The third-order valence-electron chi connectivity index (χ3n) is 1.71. The zero-order valence-corrected chi connectivity index (χ0v) is 8.14. The average Bonchev–Trinajstić information content (AvgIpc) is 2.47. The lowest BCUT2D eigenvalue weighted by atomic mass is 10.3. The highest BCUT2D eigenvalue weighted by molar-refractivity contribution is 7.44. The van der Waals surface area contributed by atoms with Crippen LogP contribution in [0.2, 0.25) is 0 Å². The Morgan fingerprint density at radius 2 is 2.45 bits per heavy atom. The topological polar surface area (TPSA) is 21.7 Å². The van der Waals surface area contributed by atoms with E-state index in [4.69, 9.17) is 9.05 Å². The van der Waals surface area contributed by atoms with Crippen molar-refractivity contribution in [1.29, 1.82) is 0 Å². The van der Waals surface area contributed by atoms with Crippen LogP contribution in [-0.4, -0.2) is 31.5 Å². The fourth-order valence-electron chi connectivity index (χ4n) is 1.09. The van der Waals surface area contributed by atoms with Crippen LogP contribution in [0.15, 0.2) is 0 Å². The lowest BCUT2D eigenvalue weighted by Crippen LogP contribution is -2.16. The summed E-state index contributed by atoms with van der Waals surface area (Å²) < 4.78 is 12.9. The van der Waals surface area contributed by atoms with E-state index in [9.17, 15) is 0 Å². The predicted octanol–water partition coefficient (Wildman–Crippen LogP) is 1.99. The molecule has 0 aromatic rings. The van der Waals surface area contributed by atoms with Crippen LogP contribution in [0.25, 0.3) is 0 Å². The molecule has 0 aromatic heterocycles. The van der Waals surface area contributed by atoms with Crippen LogP contribution in [0.3, 0.4) is 0 Å². The van der Waals surface area contributed by atoms with Gasteiger partial charge < -0.3 is 9.05 Å². The molecule has 0 saturated carbocycles. The molecule has 0 amide bonds.